The minimum Gasteiger partial charge on any atom is -0.392 e. The van der Waals surface area contributed by atoms with Gasteiger partial charge >= 0.3 is 0 Å². The summed E-state index contributed by atoms with van der Waals surface area (Å²) >= 11 is 0.830. The molecule has 4 nitrogen and oxygen atoms in total. The van der Waals surface area contributed by atoms with Gasteiger partial charge in [0.1, 0.15) is 0 Å². The molecule has 0 saturated carbocycles. The van der Waals surface area contributed by atoms with E-state index in [9.17, 15) is 14.7 Å². The van der Waals surface area contributed by atoms with Gasteiger partial charge in [-0.3, -0.25) is 14.9 Å². The number of aliphatic hydroxyl groups is 1. The minimum atomic E-state index is -0.447. The lowest BCUT2D eigenvalue weighted by Gasteiger charge is -2.10. The van der Waals surface area contributed by atoms with E-state index < -0.39 is 11.1 Å². The molecule has 2 N–H and O–H groups in total. The number of carbonyl (C=O) groups is 2. The molecule has 0 radical (unpaired) electrons. The van der Waals surface area contributed by atoms with Gasteiger partial charge in [0.25, 0.3) is 11.1 Å². The number of nitrogens with one attached hydrogen (secondary N) is 1. The summed E-state index contributed by atoms with van der Waals surface area (Å²) in [5.74, 6) is -0.447. The molecule has 0 spiro atoms. The van der Waals surface area contributed by atoms with Gasteiger partial charge in [-0.05, 0) is 28.1 Å². The number of aliphatic hydroxyl groups excluding tert-OH is 1. The first-order valence-corrected chi connectivity index (χ1v) is 6.87. The third-order valence-electron chi connectivity index (χ3n) is 3.16. The van der Waals surface area contributed by atoms with Crippen molar-refractivity contribution in [3.63, 3.8) is 0 Å². The maximum absolute atomic E-state index is 11.8. The van der Waals surface area contributed by atoms with Crippen LogP contribution in [0.15, 0.2) is 47.4 Å². The second kappa shape index (κ2) is 5.11. The Morgan fingerprint density at radius 2 is 1.85 bits per heavy atom. The van der Waals surface area contributed by atoms with E-state index in [0.29, 0.717) is 5.57 Å². The predicted molar refractivity (Wildman–Crippen MR) is 79.1 cm³/mol. The molecule has 1 fully saturated rings. The second-order valence-electron chi connectivity index (χ2n) is 4.34. The van der Waals surface area contributed by atoms with Crippen LogP contribution in [0, 0.1) is 0 Å². The molecule has 2 aromatic carbocycles. The number of fused-ring (bicyclic) bond motifs is 1. The Bertz CT molecular complexity index is 746. The molecule has 5 heteroatoms. The van der Waals surface area contributed by atoms with Gasteiger partial charge in [0, 0.05) is 5.57 Å². The molecule has 1 heterocycles. The van der Waals surface area contributed by atoms with Crippen molar-refractivity contribution in [1.82, 2.24) is 5.32 Å². The Balaban J connectivity index is 2.25. The fraction of sp³-hybridized carbons (Fsp3) is 0.0667. The molecule has 0 aromatic heterocycles. The van der Waals surface area contributed by atoms with Crippen LogP contribution in [-0.2, 0) is 4.79 Å². The Morgan fingerprint density at radius 1 is 1.10 bits per heavy atom. The smallest absolute Gasteiger partial charge is 0.290 e. The number of amides is 2. The van der Waals surface area contributed by atoms with Gasteiger partial charge in [-0.15, -0.1) is 0 Å². The van der Waals surface area contributed by atoms with E-state index in [1.165, 1.54) is 0 Å². The van der Waals surface area contributed by atoms with Gasteiger partial charge in [-0.2, -0.15) is 0 Å². The molecular weight excluding hydrogens is 274 g/mol. The van der Waals surface area contributed by atoms with Crippen molar-refractivity contribution in [2.75, 3.05) is 6.61 Å². The summed E-state index contributed by atoms with van der Waals surface area (Å²) in [4.78, 5) is 23.3. The van der Waals surface area contributed by atoms with E-state index in [1.807, 2.05) is 42.5 Å². The Morgan fingerprint density at radius 3 is 2.55 bits per heavy atom. The van der Waals surface area contributed by atoms with Crippen molar-refractivity contribution in [2.24, 2.45) is 0 Å². The summed E-state index contributed by atoms with van der Waals surface area (Å²) < 4.78 is 0. The Labute approximate surface area is 119 Å². The van der Waals surface area contributed by atoms with Crippen LogP contribution in [0.5, 0.6) is 0 Å². The molecule has 2 amide bonds. The van der Waals surface area contributed by atoms with Crippen LogP contribution in [0.25, 0.3) is 16.3 Å². The highest BCUT2D eigenvalue weighted by Crippen LogP contribution is 2.34. The summed E-state index contributed by atoms with van der Waals surface area (Å²) in [6.45, 7) is -0.295. The lowest BCUT2D eigenvalue weighted by molar-refractivity contribution is -0.115. The van der Waals surface area contributed by atoms with Crippen molar-refractivity contribution >= 4 is 39.3 Å². The highest BCUT2D eigenvalue weighted by Gasteiger charge is 2.29. The van der Waals surface area contributed by atoms with Gasteiger partial charge in [0.15, 0.2) is 0 Å². The Hall–Kier alpha value is -2.11. The van der Waals surface area contributed by atoms with E-state index in [4.69, 9.17) is 0 Å². The fourth-order valence-corrected chi connectivity index (χ4v) is 3.05. The third kappa shape index (κ3) is 2.11. The third-order valence-corrected chi connectivity index (χ3v) is 4.09. The number of thioether (sulfide) groups is 1. The molecular formula is C15H11NO3S. The van der Waals surface area contributed by atoms with Crippen molar-refractivity contribution in [2.45, 2.75) is 0 Å². The lowest BCUT2D eigenvalue weighted by atomic mass is 9.98. The molecule has 1 aliphatic heterocycles. The summed E-state index contributed by atoms with van der Waals surface area (Å²) in [6, 6.07) is 13.4. The van der Waals surface area contributed by atoms with E-state index in [0.717, 1.165) is 28.1 Å². The fourth-order valence-electron chi connectivity index (χ4n) is 2.28. The molecule has 0 unspecified atom stereocenters. The van der Waals surface area contributed by atoms with Gasteiger partial charge in [-0.1, -0.05) is 42.5 Å². The summed E-state index contributed by atoms with van der Waals surface area (Å²) in [6.07, 6.45) is 0. The van der Waals surface area contributed by atoms with Crippen LogP contribution in [-0.4, -0.2) is 22.9 Å². The first-order chi connectivity index (χ1) is 9.70. The molecule has 20 heavy (non-hydrogen) atoms. The van der Waals surface area contributed by atoms with Crippen molar-refractivity contribution < 1.29 is 14.7 Å². The van der Waals surface area contributed by atoms with Crippen LogP contribution in [0.1, 0.15) is 5.56 Å². The molecule has 0 bridgehead atoms. The second-order valence-corrected chi connectivity index (χ2v) is 5.32. The van der Waals surface area contributed by atoms with Crippen molar-refractivity contribution in [1.29, 1.82) is 0 Å². The molecule has 1 saturated heterocycles. The zero-order chi connectivity index (χ0) is 14.1. The predicted octanol–water partition coefficient (Wildman–Crippen LogP) is 2.53. The van der Waals surface area contributed by atoms with Gasteiger partial charge in [-0.25, -0.2) is 0 Å². The molecule has 1 aliphatic rings. The monoisotopic (exact) mass is 285 g/mol. The standard InChI is InChI=1S/C15H11NO3S/c17-8-12(13-14(18)16-15(19)20-13)11-7-3-5-9-4-1-2-6-10(9)11/h1-7,17H,8H2,(H,16,18,19). The van der Waals surface area contributed by atoms with Crippen molar-refractivity contribution in [3.05, 3.63) is 52.9 Å². The SMILES string of the molecule is O=C1NC(=O)C(=C(CO)c2cccc3ccccc23)S1. The van der Waals surface area contributed by atoms with E-state index in [-0.39, 0.29) is 11.5 Å². The van der Waals surface area contributed by atoms with Crippen LogP contribution in [0.4, 0.5) is 4.79 Å². The highest BCUT2D eigenvalue weighted by atomic mass is 32.2. The number of rotatable bonds is 2. The zero-order valence-electron chi connectivity index (χ0n) is 10.4. The minimum absolute atomic E-state index is 0.272. The molecule has 0 aliphatic carbocycles. The van der Waals surface area contributed by atoms with E-state index in [1.54, 1.807) is 0 Å². The molecule has 100 valence electrons. The molecule has 3 rings (SSSR count). The Kier molecular flexibility index (Phi) is 3.30. The normalized spacial score (nSPS) is 17.4. The summed E-state index contributed by atoms with van der Waals surface area (Å²) in [5.41, 5.74) is 1.26. The summed E-state index contributed by atoms with van der Waals surface area (Å²) in [5, 5.41) is 13.4. The largest absolute Gasteiger partial charge is 0.392 e. The van der Waals surface area contributed by atoms with Crippen molar-refractivity contribution in [3.8, 4) is 0 Å². The van der Waals surface area contributed by atoms with Crippen LogP contribution >= 0.6 is 11.8 Å². The topological polar surface area (TPSA) is 66.4 Å². The van der Waals surface area contributed by atoms with Crippen LogP contribution in [0.2, 0.25) is 0 Å². The van der Waals surface area contributed by atoms with Crippen LogP contribution < -0.4 is 5.32 Å². The summed E-state index contributed by atoms with van der Waals surface area (Å²) in [7, 11) is 0. The first kappa shape index (κ1) is 12.9. The highest BCUT2D eigenvalue weighted by molar-refractivity contribution is 8.18. The maximum Gasteiger partial charge on any atom is 0.290 e. The lowest BCUT2D eigenvalue weighted by Crippen LogP contribution is -2.18. The quantitative estimate of drug-likeness (QED) is 0.832. The molecule has 0 atom stereocenters. The number of carbonyl (C=O) groups excluding carboxylic acids is 2. The average Bonchev–Trinajstić information content (AvgIpc) is 2.79. The van der Waals surface area contributed by atoms with Crippen LogP contribution in [0.3, 0.4) is 0 Å². The van der Waals surface area contributed by atoms with E-state index >= 15 is 0 Å². The first-order valence-electron chi connectivity index (χ1n) is 6.06. The van der Waals surface area contributed by atoms with Gasteiger partial charge in [0.2, 0.25) is 0 Å². The number of benzene rings is 2. The zero-order valence-corrected chi connectivity index (χ0v) is 11.2. The number of hydrogen-bond donors (Lipinski definition) is 2. The molecule has 2 aromatic rings. The van der Waals surface area contributed by atoms with Gasteiger partial charge < -0.3 is 5.11 Å². The van der Waals surface area contributed by atoms with Gasteiger partial charge in [0.05, 0.1) is 11.5 Å². The van der Waals surface area contributed by atoms with E-state index in [2.05, 4.69) is 5.32 Å². The number of hydrogen-bond acceptors (Lipinski definition) is 4. The average molecular weight is 285 g/mol. The number of imide groups is 1. The maximum atomic E-state index is 11.8.